The molecule has 2 N–H and O–H groups in total. The van der Waals surface area contributed by atoms with Crippen LogP contribution >= 0.6 is 11.6 Å². The largest absolute Gasteiger partial charge is 0.394 e. The first-order valence-electron chi connectivity index (χ1n) is 3.24. The second-order valence-corrected chi connectivity index (χ2v) is 3.23. The van der Waals surface area contributed by atoms with E-state index >= 15 is 0 Å². The molecule has 1 saturated heterocycles. The van der Waals surface area contributed by atoms with Crippen molar-refractivity contribution in [3.8, 4) is 0 Å². The first-order valence-corrected chi connectivity index (χ1v) is 3.62. The van der Waals surface area contributed by atoms with E-state index in [0.29, 0.717) is 6.42 Å². The Kier molecular flexibility index (Phi) is 2.20. The first kappa shape index (κ1) is 8.27. The average molecular weight is 167 g/mol. The van der Waals surface area contributed by atoms with Crippen molar-refractivity contribution in [2.24, 2.45) is 0 Å². The zero-order chi connectivity index (χ0) is 7.78. The minimum atomic E-state index is -0.762. The van der Waals surface area contributed by atoms with Crippen LogP contribution in [0.15, 0.2) is 0 Å². The fourth-order valence-electron chi connectivity index (χ4n) is 0.860. The van der Waals surface area contributed by atoms with Crippen LogP contribution in [0, 0.1) is 0 Å². The highest BCUT2D eigenvalue weighted by Gasteiger charge is 2.52. The fourth-order valence-corrected chi connectivity index (χ4v) is 1.17. The highest BCUT2D eigenvalue weighted by atomic mass is 35.5. The molecule has 10 heavy (non-hydrogen) atoms. The van der Waals surface area contributed by atoms with Crippen molar-refractivity contribution in [1.29, 1.82) is 0 Å². The molecule has 1 rings (SSSR count). The fraction of sp³-hybridized carbons (Fsp3) is 1.00. The van der Waals surface area contributed by atoms with E-state index in [1.54, 1.807) is 0 Å². The Labute approximate surface area is 64.6 Å². The molecule has 0 bridgehead atoms. The molecule has 1 heterocycles. The van der Waals surface area contributed by atoms with Crippen LogP contribution in [0.25, 0.3) is 0 Å². The van der Waals surface area contributed by atoms with E-state index in [2.05, 4.69) is 0 Å². The van der Waals surface area contributed by atoms with Crippen LogP contribution in [-0.4, -0.2) is 34.1 Å². The van der Waals surface area contributed by atoms with Gasteiger partial charge in [-0.15, -0.1) is 0 Å². The van der Waals surface area contributed by atoms with Gasteiger partial charge in [-0.25, -0.2) is 0 Å². The molecule has 4 heteroatoms. The van der Waals surface area contributed by atoms with Crippen molar-refractivity contribution in [1.82, 2.24) is 0 Å². The summed E-state index contributed by atoms with van der Waals surface area (Å²) in [5.74, 6) is 0. The second-order valence-electron chi connectivity index (χ2n) is 2.59. The number of halogens is 1. The Morgan fingerprint density at radius 3 is 2.60 bits per heavy atom. The van der Waals surface area contributed by atoms with Gasteiger partial charge in [0, 0.05) is 6.42 Å². The maximum Gasteiger partial charge on any atom is 0.170 e. The number of aliphatic hydroxyl groups is 2. The number of rotatable bonds is 3. The predicted octanol–water partition coefficient (Wildman–Crippen LogP) is 0.0835. The van der Waals surface area contributed by atoms with Crippen LogP contribution in [0.1, 0.15) is 13.3 Å². The van der Waals surface area contributed by atoms with E-state index in [0.717, 1.165) is 0 Å². The molecule has 60 valence electrons. The van der Waals surface area contributed by atoms with Gasteiger partial charge in [0.1, 0.15) is 6.10 Å². The zero-order valence-corrected chi connectivity index (χ0v) is 6.51. The lowest BCUT2D eigenvalue weighted by atomic mass is 10.2. The summed E-state index contributed by atoms with van der Waals surface area (Å²) in [7, 11) is 0. The van der Waals surface area contributed by atoms with Crippen molar-refractivity contribution < 1.29 is 14.9 Å². The SMILES string of the molecule is CC1OC1(Cl)CC(O)CO. The molecule has 0 spiro atoms. The summed E-state index contributed by atoms with van der Waals surface area (Å²) in [4.78, 5) is 0. The van der Waals surface area contributed by atoms with Crippen molar-refractivity contribution in [3.63, 3.8) is 0 Å². The number of epoxide rings is 1. The third-order valence-corrected chi connectivity index (χ3v) is 2.20. The van der Waals surface area contributed by atoms with Gasteiger partial charge in [-0.3, -0.25) is 0 Å². The summed E-state index contributed by atoms with van der Waals surface area (Å²) >= 11 is 5.78. The molecule has 3 atom stereocenters. The van der Waals surface area contributed by atoms with E-state index in [4.69, 9.17) is 26.6 Å². The van der Waals surface area contributed by atoms with Gasteiger partial charge in [0.2, 0.25) is 0 Å². The smallest absolute Gasteiger partial charge is 0.170 e. The van der Waals surface area contributed by atoms with Crippen LogP contribution in [0.4, 0.5) is 0 Å². The predicted molar refractivity (Wildman–Crippen MR) is 36.8 cm³/mol. The van der Waals surface area contributed by atoms with Crippen molar-refractivity contribution in [2.75, 3.05) is 6.61 Å². The van der Waals surface area contributed by atoms with Crippen molar-refractivity contribution in [3.05, 3.63) is 0 Å². The third-order valence-electron chi connectivity index (χ3n) is 1.65. The van der Waals surface area contributed by atoms with Gasteiger partial charge >= 0.3 is 0 Å². The molecule has 0 amide bonds. The maximum atomic E-state index is 8.94. The quantitative estimate of drug-likeness (QED) is 0.461. The van der Waals surface area contributed by atoms with Gasteiger partial charge in [-0.05, 0) is 6.92 Å². The van der Waals surface area contributed by atoms with Crippen LogP contribution in [0.5, 0.6) is 0 Å². The van der Waals surface area contributed by atoms with Crippen molar-refractivity contribution in [2.45, 2.75) is 30.6 Å². The van der Waals surface area contributed by atoms with E-state index in [9.17, 15) is 0 Å². The second kappa shape index (κ2) is 2.66. The standard InChI is InChI=1S/C6H11ClO3/c1-4-6(7,10-4)2-5(9)3-8/h4-5,8-9H,2-3H2,1H3. The lowest BCUT2D eigenvalue weighted by molar-refractivity contribution is 0.0770. The molecule has 3 nitrogen and oxygen atoms in total. The Morgan fingerprint density at radius 1 is 1.80 bits per heavy atom. The number of aliphatic hydroxyl groups excluding tert-OH is 2. The van der Waals surface area contributed by atoms with E-state index in [-0.39, 0.29) is 12.7 Å². The van der Waals surface area contributed by atoms with Crippen LogP contribution in [0.2, 0.25) is 0 Å². The van der Waals surface area contributed by atoms with Gasteiger partial charge in [0.25, 0.3) is 0 Å². The Hall–Kier alpha value is 0.170. The maximum absolute atomic E-state index is 8.94. The topological polar surface area (TPSA) is 53.0 Å². The molecule has 0 saturated carbocycles. The Morgan fingerprint density at radius 2 is 2.30 bits per heavy atom. The van der Waals surface area contributed by atoms with Crippen molar-refractivity contribution >= 4 is 11.6 Å². The van der Waals surface area contributed by atoms with Crippen LogP contribution in [0.3, 0.4) is 0 Å². The van der Waals surface area contributed by atoms with E-state index in [1.807, 2.05) is 6.92 Å². The van der Waals surface area contributed by atoms with Gasteiger partial charge in [0.15, 0.2) is 5.06 Å². The van der Waals surface area contributed by atoms with Crippen LogP contribution in [-0.2, 0) is 4.74 Å². The normalized spacial score (nSPS) is 41.4. The Bertz CT molecular complexity index is 130. The molecule has 0 aromatic carbocycles. The average Bonchev–Trinajstić information content (AvgIpc) is 2.40. The number of hydrogen-bond donors (Lipinski definition) is 2. The zero-order valence-electron chi connectivity index (χ0n) is 5.75. The van der Waals surface area contributed by atoms with E-state index in [1.165, 1.54) is 0 Å². The third kappa shape index (κ3) is 1.61. The highest BCUT2D eigenvalue weighted by molar-refractivity contribution is 6.24. The highest BCUT2D eigenvalue weighted by Crippen LogP contribution is 2.44. The monoisotopic (exact) mass is 166 g/mol. The Balaban J connectivity index is 2.26. The molecule has 0 aromatic rings. The lowest BCUT2D eigenvalue weighted by Crippen LogP contribution is -2.20. The molecule has 0 radical (unpaired) electrons. The summed E-state index contributed by atoms with van der Waals surface area (Å²) in [5.41, 5.74) is 0. The van der Waals surface area contributed by atoms with Gasteiger partial charge in [-0.1, -0.05) is 11.6 Å². The van der Waals surface area contributed by atoms with Gasteiger partial charge < -0.3 is 14.9 Å². The van der Waals surface area contributed by atoms with Gasteiger partial charge in [-0.2, -0.15) is 0 Å². The number of hydrogen-bond acceptors (Lipinski definition) is 3. The molecule has 0 aliphatic carbocycles. The minimum Gasteiger partial charge on any atom is -0.394 e. The summed E-state index contributed by atoms with van der Waals surface area (Å²) in [6.07, 6.45) is -0.468. The molecule has 1 aliphatic rings. The first-order chi connectivity index (χ1) is 4.58. The summed E-state index contributed by atoms with van der Waals surface area (Å²) < 4.78 is 4.97. The molecular formula is C6H11ClO3. The molecule has 1 fully saturated rings. The number of alkyl halides is 1. The number of ether oxygens (including phenoxy) is 1. The lowest BCUT2D eigenvalue weighted by Gasteiger charge is -2.07. The molecule has 3 unspecified atom stereocenters. The minimum absolute atomic E-state index is 0.00429. The molecule has 0 aromatic heterocycles. The van der Waals surface area contributed by atoms with Gasteiger partial charge in [0.05, 0.1) is 12.7 Å². The summed E-state index contributed by atoms with van der Waals surface area (Å²) in [5, 5.41) is 16.7. The molecule has 1 aliphatic heterocycles. The van der Waals surface area contributed by atoms with Crippen LogP contribution < -0.4 is 0 Å². The molecular weight excluding hydrogens is 156 g/mol. The van der Waals surface area contributed by atoms with E-state index < -0.39 is 11.2 Å². The summed E-state index contributed by atoms with van der Waals surface area (Å²) in [6.45, 7) is 1.57. The summed E-state index contributed by atoms with van der Waals surface area (Å²) in [6, 6.07) is 0.